The van der Waals surface area contributed by atoms with Crippen LogP contribution in [0.1, 0.15) is 47.2 Å². The van der Waals surface area contributed by atoms with Gasteiger partial charge in [0.25, 0.3) is 0 Å². The van der Waals surface area contributed by atoms with Crippen molar-refractivity contribution in [3.63, 3.8) is 0 Å². The molecule has 21 heavy (non-hydrogen) atoms. The Balaban J connectivity index is 1.87. The van der Waals surface area contributed by atoms with E-state index in [0.29, 0.717) is 24.0 Å². The molecule has 1 saturated carbocycles. The van der Waals surface area contributed by atoms with Gasteiger partial charge in [-0.05, 0) is 61.4 Å². The summed E-state index contributed by atoms with van der Waals surface area (Å²) >= 11 is 0. The summed E-state index contributed by atoms with van der Waals surface area (Å²) in [5, 5.41) is 12.9. The van der Waals surface area contributed by atoms with Gasteiger partial charge in [-0.1, -0.05) is 18.9 Å². The van der Waals surface area contributed by atoms with Gasteiger partial charge in [-0.25, -0.2) is 0 Å². The van der Waals surface area contributed by atoms with Crippen molar-refractivity contribution in [2.45, 2.75) is 39.2 Å². The zero-order chi connectivity index (χ0) is 15.2. The molecule has 1 aliphatic carbocycles. The molecule has 0 bridgehead atoms. The number of primary amides is 1. The van der Waals surface area contributed by atoms with Gasteiger partial charge in [-0.15, -0.1) is 0 Å². The Morgan fingerprint density at radius 3 is 2.67 bits per heavy atom. The lowest BCUT2D eigenvalue weighted by atomic mass is 9.79. The van der Waals surface area contributed by atoms with E-state index in [1.807, 2.05) is 19.1 Å². The number of carbonyl (C=O) groups excluding carboxylic acids is 1. The van der Waals surface area contributed by atoms with Crippen molar-refractivity contribution in [3.8, 4) is 0 Å². The van der Waals surface area contributed by atoms with Crippen LogP contribution in [0, 0.1) is 18.8 Å². The summed E-state index contributed by atoms with van der Waals surface area (Å²) in [4.78, 5) is 11.1. The minimum absolute atomic E-state index is 0.304. The van der Waals surface area contributed by atoms with Gasteiger partial charge in [0.05, 0.1) is 0 Å². The standard InChI is InChI=1S/C17H26N2O2/c1-12-8-13(17(18)21)6-7-14(12)9-19-10-15-4-2-3-5-16(15)11-20/h6-8,15-16,19-20H,2-5,9-11H2,1H3,(H2,18,21). The van der Waals surface area contributed by atoms with Crippen molar-refractivity contribution in [1.82, 2.24) is 5.32 Å². The van der Waals surface area contributed by atoms with Gasteiger partial charge < -0.3 is 16.2 Å². The topological polar surface area (TPSA) is 75.4 Å². The molecule has 1 aromatic carbocycles. The van der Waals surface area contributed by atoms with Crippen molar-refractivity contribution in [2.75, 3.05) is 13.2 Å². The first-order chi connectivity index (χ1) is 10.1. The molecule has 0 heterocycles. The molecule has 1 aromatic rings. The van der Waals surface area contributed by atoms with Crippen LogP contribution in [-0.2, 0) is 6.54 Å². The second-order valence-electron chi connectivity index (χ2n) is 6.12. The van der Waals surface area contributed by atoms with E-state index in [9.17, 15) is 9.90 Å². The molecule has 1 aliphatic rings. The Hall–Kier alpha value is -1.39. The predicted octanol–water partition coefficient (Wildman–Crippen LogP) is 1.98. The highest BCUT2D eigenvalue weighted by Crippen LogP contribution is 2.29. The number of hydrogen-bond donors (Lipinski definition) is 3. The molecule has 0 radical (unpaired) electrons. The van der Waals surface area contributed by atoms with Crippen molar-refractivity contribution in [1.29, 1.82) is 0 Å². The van der Waals surface area contributed by atoms with Crippen LogP contribution >= 0.6 is 0 Å². The highest BCUT2D eigenvalue weighted by molar-refractivity contribution is 5.93. The third-order valence-corrected chi connectivity index (χ3v) is 4.65. The molecule has 4 nitrogen and oxygen atoms in total. The molecule has 2 rings (SSSR count). The number of benzene rings is 1. The van der Waals surface area contributed by atoms with Crippen molar-refractivity contribution in [3.05, 3.63) is 34.9 Å². The molecule has 0 aliphatic heterocycles. The summed E-state index contributed by atoms with van der Waals surface area (Å²) in [6, 6.07) is 5.59. The molecule has 4 heteroatoms. The summed E-state index contributed by atoms with van der Waals surface area (Å²) in [6.07, 6.45) is 4.87. The predicted molar refractivity (Wildman–Crippen MR) is 83.9 cm³/mol. The fourth-order valence-electron chi connectivity index (χ4n) is 3.23. The number of hydrogen-bond acceptors (Lipinski definition) is 3. The maximum Gasteiger partial charge on any atom is 0.248 e. The zero-order valence-electron chi connectivity index (χ0n) is 12.8. The zero-order valence-corrected chi connectivity index (χ0v) is 12.8. The number of carbonyl (C=O) groups is 1. The quantitative estimate of drug-likeness (QED) is 0.750. The van der Waals surface area contributed by atoms with Gasteiger partial charge in [-0.3, -0.25) is 4.79 Å². The highest BCUT2D eigenvalue weighted by Gasteiger charge is 2.23. The average molecular weight is 290 g/mol. The van der Waals surface area contributed by atoms with Crippen LogP contribution in [0.2, 0.25) is 0 Å². The number of aliphatic hydroxyl groups excluding tert-OH is 1. The van der Waals surface area contributed by atoms with Crippen LogP contribution in [-0.4, -0.2) is 24.2 Å². The Morgan fingerprint density at radius 2 is 2.05 bits per heavy atom. The van der Waals surface area contributed by atoms with Crippen LogP contribution in [0.5, 0.6) is 0 Å². The van der Waals surface area contributed by atoms with Crippen LogP contribution < -0.4 is 11.1 Å². The number of aliphatic hydroxyl groups is 1. The average Bonchev–Trinajstić information content (AvgIpc) is 2.49. The minimum Gasteiger partial charge on any atom is -0.396 e. The van der Waals surface area contributed by atoms with E-state index in [1.54, 1.807) is 6.07 Å². The Bertz CT molecular complexity index is 488. The maximum absolute atomic E-state index is 11.1. The summed E-state index contributed by atoms with van der Waals surface area (Å²) in [6.45, 7) is 4.04. The van der Waals surface area contributed by atoms with Crippen LogP contribution in [0.25, 0.3) is 0 Å². The van der Waals surface area contributed by atoms with E-state index in [0.717, 1.165) is 25.1 Å². The summed E-state index contributed by atoms with van der Waals surface area (Å²) in [5.74, 6) is 0.643. The number of rotatable bonds is 6. The molecule has 1 amide bonds. The molecule has 2 unspecified atom stereocenters. The van der Waals surface area contributed by atoms with E-state index in [4.69, 9.17) is 5.73 Å². The van der Waals surface area contributed by atoms with Gasteiger partial charge in [-0.2, -0.15) is 0 Å². The number of amides is 1. The van der Waals surface area contributed by atoms with Gasteiger partial charge >= 0.3 is 0 Å². The van der Waals surface area contributed by atoms with Crippen LogP contribution in [0.4, 0.5) is 0 Å². The lowest BCUT2D eigenvalue weighted by Crippen LogP contribution is -2.32. The summed E-state index contributed by atoms with van der Waals surface area (Å²) < 4.78 is 0. The second kappa shape index (κ2) is 7.57. The summed E-state index contributed by atoms with van der Waals surface area (Å²) in [5.41, 5.74) is 8.12. The van der Waals surface area contributed by atoms with E-state index in [1.165, 1.54) is 24.8 Å². The number of nitrogens with two attached hydrogens (primary N) is 1. The monoisotopic (exact) mass is 290 g/mol. The smallest absolute Gasteiger partial charge is 0.248 e. The Labute approximate surface area is 126 Å². The van der Waals surface area contributed by atoms with Crippen LogP contribution in [0.3, 0.4) is 0 Å². The molecule has 2 atom stereocenters. The molecule has 0 saturated heterocycles. The Morgan fingerprint density at radius 1 is 1.33 bits per heavy atom. The molecule has 116 valence electrons. The highest BCUT2D eigenvalue weighted by atomic mass is 16.3. The van der Waals surface area contributed by atoms with E-state index >= 15 is 0 Å². The minimum atomic E-state index is -0.384. The third kappa shape index (κ3) is 4.29. The first-order valence-electron chi connectivity index (χ1n) is 7.82. The molecule has 0 aromatic heterocycles. The Kier molecular flexibility index (Phi) is 5.76. The fraction of sp³-hybridized carbons (Fsp3) is 0.588. The first-order valence-corrected chi connectivity index (χ1v) is 7.82. The lowest BCUT2D eigenvalue weighted by molar-refractivity contribution is 0.1000. The SMILES string of the molecule is Cc1cc(C(N)=O)ccc1CNCC1CCCCC1CO. The van der Waals surface area contributed by atoms with E-state index in [2.05, 4.69) is 5.32 Å². The van der Waals surface area contributed by atoms with Crippen molar-refractivity contribution < 1.29 is 9.90 Å². The number of nitrogens with one attached hydrogen (secondary N) is 1. The molecular weight excluding hydrogens is 264 g/mol. The summed E-state index contributed by atoms with van der Waals surface area (Å²) in [7, 11) is 0. The van der Waals surface area contributed by atoms with Gasteiger partial charge in [0.15, 0.2) is 0 Å². The first kappa shape index (κ1) is 16.0. The number of aryl methyl sites for hydroxylation is 1. The third-order valence-electron chi connectivity index (χ3n) is 4.65. The molecule has 0 spiro atoms. The molecule has 1 fully saturated rings. The molecular formula is C17H26N2O2. The van der Waals surface area contributed by atoms with Crippen LogP contribution in [0.15, 0.2) is 18.2 Å². The van der Waals surface area contributed by atoms with E-state index < -0.39 is 0 Å². The van der Waals surface area contributed by atoms with Gasteiger partial charge in [0.2, 0.25) is 5.91 Å². The van der Waals surface area contributed by atoms with E-state index in [-0.39, 0.29) is 5.91 Å². The fourth-order valence-corrected chi connectivity index (χ4v) is 3.23. The van der Waals surface area contributed by atoms with Gasteiger partial charge in [0, 0.05) is 18.7 Å². The second-order valence-corrected chi connectivity index (χ2v) is 6.12. The molecule has 4 N–H and O–H groups in total. The van der Waals surface area contributed by atoms with Crippen molar-refractivity contribution in [2.24, 2.45) is 17.6 Å². The lowest BCUT2D eigenvalue weighted by Gasteiger charge is -2.30. The van der Waals surface area contributed by atoms with Gasteiger partial charge in [0.1, 0.15) is 0 Å². The maximum atomic E-state index is 11.1. The van der Waals surface area contributed by atoms with Crippen molar-refractivity contribution >= 4 is 5.91 Å². The normalized spacial score (nSPS) is 22.2. The largest absolute Gasteiger partial charge is 0.396 e.